The summed E-state index contributed by atoms with van der Waals surface area (Å²) in [5.74, 6) is 0.204. The van der Waals surface area contributed by atoms with Crippen molar-refractivity contribution in [3.8, 4) is 0 Å². The number of ether oxygens (including phenoxy) is 3. The summed E-state index contributed by atoms with van der Waals surface area (Å²) >= 11 is 0. The highest BCUT2D eigenvalue weighted by atomic mass is 32.2. The minimum Gasteiger partial charge on any atom is -0.444 e. The van der Waals surface area contributed by atoms with Gasteiger partial charge in [-0.1, -0.05) is 0 Å². The first kappa shape index (κ1) is 30.9. The highest BCUT2D eigenvalue weighted by Crippen LogP contribution is 2.30. The SMILES string of the molecule is C[C@@H](CC(F)(F)F)NC(=O)O[C@H]1CO[C@H](c2cnc(Nc3ccc(S(=O)(=O)NC(=O)OC(C)(C)C)cc3)nc2)C1. The second-order valence-electron chi connectivity index (χ2n) is 10.0. The van der Waals surface area contributed by atoms with Crippen LogP contribution in [-0.4, -0.2) is 61.1 Å². The first-order chi connectivity index (χ1) is 18.5. The Morgan fingerprint density at radius 1 is 1.10 bits per heavy atom. The number of benzene rings is 1. The molecule has 2 aromatic rings. The van der Waals surface area contributed by atoms with E-state index in [-0.39, 0.29) is 23.9 Å². The van der Waals surface area contributed by atoms with Crippen LogP contribution in [-0.2, 0) is 24.2 Å². The lowest BCUT2D eigenvalue weighted by Crippen LogP contribution is -2.38. The first-order valence-electron chi connectivity index (χ1n) is 12.1. The second-order valence-corrected chi connectivity index (χ2v) is 11.7. The average molecular weight is 590 g/mol. The van der Waals surface area contributed by atoms with E-state index in [1.54, 1.807) is 20.8 Å². The Hall–Kier alpha value is -3.66. The van der Waals surface area contributed by atoms with Crippen LogP contribution in [0.15, 0.2) is 41.6 Å². The van der Waals surface area contributed by atoms with E-state index in [9.17, 15) is 31.2 Å². The molecule has 3 rings (SSSR count). The van der Waals surface area contributed by atoms with Crippen LogP contribution in [0, 0.1) is 0 Å². The molecule has 1 aromatic heterocycles. The van der Waals surface area contributed by atoms with Gasteiger partial charge in [-0.2, -0.15) is 13.2 Å². The molecule has 0 saturated carbocycles. The predicted molar refractivity (Wildman–Crippen MR) is 135 cm³/mol. The highest BCUT2D eigenvalue weighted by Gasteiger charge is 2.33. The summed E-state index contributed by atoms with van der Waals surface area (Å²) in [5.41, 5.74) is 0.206. The minimum atomic E-state index is -4.40. The van der Waals surface area contributed by atoms with Crippen LogP contribution in [0.4, 0.5) is 34.4 Å². The molecule has 220 valence electrons. The Morgan fingerprint density at radius 2 is 1.73 bits per heavy atom. The molecule has 3 N–H and O–H groups in total. The van der Waals surface area contributed by atoms with E-state index in [2.05, 4.69) is 20.6 Å². The van der Waals surface area contributed by atoms with Gasteiger partial charge in [0.1, 0.15) is 11.7 Å². The summed E-state index contributed by atoms with van der Waals surface area (Å²) in [7, 11) is -4.14. The summed E-state index contributed by atoms with van der Waals surface area (Å²) in [6.45, 7) is 6.11. The number of carbonyl (C=O) groups is 2. The van der Waals surface area contributed by atoms with Crippen LogP contribution >= 0.6 is 0 Å². The highest BCUT2D eigenvalue weighted by molar-refractivity contribution is 7.90. The van der Waals surface area contributed by atoms with Crippen molar-refractivity contribution in [3.05, 3.63) is 42.2 Å². The van der Waals surface area contributed by atoms with Crippen molar-refractivity contribution >= 4 is 33.8 Å². The molecule has 0 unspecified atom stereocenters. The Balaban J connectivity index is 1.50. The van der Waals surface area contributed by atoms with Gasteiger partial charge in [0.15, 0.2) is 0 Å². The van der Waals surface area contributed by atoms with E-state index >= 15 is 0 Å². The van der Waals surface area contributed by atoms with Crippen molar-refractivity contribution in [3.63, 3.8) is 0 Å². The zero-order valence-corrected chi connectivity index (χ0v) is 22.9. The Kier molecular flexibility index (Phi) is 9.45. The number of rotatable bonds is 8. The Bertz CT molecular complexity index is 1280. The van der Waals surface area contributed by atoms with Crippen molar-refractivity contribution in [2.45, 2.75) is 75.5 Å². The van der Waals surface area contributed by atoms with Gasteiger partial charge in [0.05, 0.1) is 24.0 Å². The lowest BCUT2D eigenvalue weighted by atomic mass is 10.1. The number of nitrogens with zero attached hydrogens (tertiary/aromatic N) is 2. The van der Waals surface area contributed by atoms with Gasteiger partial charge >= 0.3 is 18.4 Å². The number of alkyl halides is 3. The maximum absolute atomic E-state index is 12.4. The quantitative estimate of drug-likeness (QED) is 0.405. The Labute approximate surface area is 229 Å². The third-order valence-electron chi connectivity index (χ3n) is 5.22. The Morgan fingerprint density at radius 3 is 2.30 bits per heavy atom. The normalized spacial score (nSPS) is 18.5. The fourth-order valence-electron chi connectivity index (χ4n) is 3.58. The van der Waals surface area contributed by atoms with Gasteiger partial charge in [0.25, 0.3) is 10.0 Å². The maximum Gasteiger partial charge on any atom is 0.421 e. The number of halogens is 3. The van der Waals surface area contributed by atoms with Crippen LogP contribution in [0.1, 0.15) is 52.2 Å². The summed E-state index contributed by atoms with van der Waals surface area (Å²) in [4.78, 5) is 31.9. The van der Waals surface area contributed by atoms with Gasteiger partial charge in [-0.25, -0.2) is 32.7 Å². The van der Waals surface area contributed by atoms with Crippen LogP contribution in [0.2, 0.25) is 0 Å². The summed E-state index contributed by atoms with van der Waals surface area (Å²) in [6, 6.07) is 4.37. The number of hydrogen-bond donors (Lipinski definition) is 3. The number of sulfonamides is 1. The topological polar surface area (TPSA) is 158 Å². The molecule has 0 aliphatic carbocycles. The summed E-state index contributed by atoms with van der Waals surface area (Å²) < 4.78 is 79.6. The van der Waals surface area contributed by atoms with Gasteiger partial charge in [0, 0.05) is 36.1 Å². The number of aromatic nitrogens is 2. The number of carbonyl (C=O) groups excluding carboxylic acids is 2. The van der Waals surface area contributed by atoms with E-state index in [4.69, 9.17) is 14.2 Å². The fraction of sp³-hybridized carbons (Fsp3) is 0.500. The van der Waals surface area contributed by atoms with Crippen LogP contribution in [0.25, 0.3) is 0 Å². The first-order valence-corrected chi connectivity index (χ1v) is 13.6. The fourth-order valence-corrected chi connectivity index (χ4v) is 4.45. The van der Waals surface area contributed by atoms with E-state index in [0.717, 1.165) is 0 Å². The number of nitrogens with one attached hydrogen (secondary N) is 3. The molecule has 2 amide bonds. The van der Waals surface area contributed by atoms with Gasteiger partial charge in [0.2, 0.25) is 5.95 Å². The molecule has 0 spiro atoms. The van der Waals surface area contributed by atoms with Gasteiger partial charge < -0.3 is 24.8 Å². The zero-order valence-electron chi connectivity index (χ0n) is 22.1. The molecule has 40 heavy (non-hydrogen) atoms. The van der Waals surface area contributed by atoms with Crippen LogP contribution in [0.3, 0.4) is 0 Å². The molecule has 1 aliphatic heterocycles. The molecule has 3 atom stereocenters. The molecule has 12 nitrogen and oxygen atoms in total. The third kappa shape index (κ3) is 9.82. The smallest absolute Gasteiger partial charge is 0.421 e. The van der Waals surface area contributed by atoms with Crippen molar-refractivity contribution in [1.29, 1.82) is 0 Å². The standard InChI is InChI=1S/C24H30F3N5O7S/c1-14(10-24(25,26)27)30-21(33)38-17-9-19(37-13-17)15-11-28-20(29-12-15)31-16-5-7-18(8-6-16)40(35,36)32-22(34)39-23(2,3)4/h5-8,11-12,14,17,19H,9-10,13H2,1-4H3,(H,30,33)(H,32,34)(H,28,29,31)/t14-,17+,19-/m0/s1. The molecular weight excluding hydrogens is 559 g/mol. The van der Waals surface area contributed by atoms with Crippen LogP contribution < -0.4 is 15.4 Å². The van der Waals surface area contributed by atoms with Gasteiger partial charge in [-0.3, -0.25) is 0 Å². The van der Waals surface area contributed by atoms with E-state index in [1.807, 2.05) is 4.72 Å². The molecule has 16 heteroatoms. The van der Waals surface area contributed by atoms with Crippen LogP contribution in [0.5, 0.6) is 0 Å². The minimum absolute atomic E-state index is 0.0593. The number of alkyl carbamates (subject to hydrolysis) is 1. The lowest BCUT2D eigenvalue weighted by molar-refractivity contribution is -0.138. The van der Waals surface area contributed by atoms with Gasteiger partial charge in [-0.15, -0.1) is 0 Å². The monoisotopic (exact) mass is 589 g/mol. The molecule has 0 bridgehead atoms. The molecule has 1 aromatic carbocycles. The van der Waals surface area contributed by atoms with E-state index < -0.39 is 58.7 Å². The summed E-state index contributed by atoms with van der Waals surface area (Å²) in [5, 5.41) is 5.06. The summed E-state index contributed by atoms with van der Waals surface area (Å²) in [6.07, 6.45) is -5.49. The third-order valence-corrected chi connectivity index (χ3v) is 6.54. The van der Waals surface area contributed by atoms with Crippen molar-refractivity contribution in [2.24, 2.45) is 0 Å². The molecule has 0 radical (unpaired) electrons. The largest absolute Gasteiger partial charge is 0.444 e. The molecule has 1 fully saturated rings. The molecule has 1 aliphatic rings. The van der Waals surface area contributed by atoms with E-state index in [0.29, 0.717) is 11.3 Å². The van der Waals surface area contributed by atoms with Crippen molar-refractivity contribution < 1.29 is 45.4 Å². The number of anilines is 2. The lowest BCUT2D eigenvalue weighted by Gasteiger charge is -2.19. The van der Waals surface area contributed by atoms with Crippen molar-refractivity contribution in [1.82, 2.24) is 20.0 Å². The number of amides is 2. The maximum atomic E-state index is 12.4. The average Bonchev–Trinajstić information content (AvgIpc) is 3.25. The number of hydrogen-bond acceptors (Lipinski definition) is 10. The predicted octanol–water partition coefficient (Wildman–Crippen LogP) is 4.33. The van der Waals surface area contributed by atoms with Gasteiger partial charge in [-0.05, 0) is 52.0 Å². The molecular formula is C24H30F3N5O7S. The second kappa shape index (κ2) is 12.2. The molecule has 1 saturated heterocycles. The van der Waals surface area contributed by atoms with E-state index in [1.165, 1.54) is 43.6 Å². The van der Waals surface area contributed by atoms with Crippen molar-refractivity contribution in [2.75, 3.05) is 11.9 Å². The zero-order chi connectivity index (χ0) is 29.7. The molecule has 2 heterocycles.